The minimum absolute atomic E-state index is 0.149. The summed E-state index contributed by atoms with van der Waals surface area (Å²) in [4.78, 5) is 0. The summed E-state index contributed by atoms with van der Waals surface area (Å²) in [7, 11) is 1.35. The van der Waals surface area contributed by atoms with Crippen molar-refractivity contribution in [1.82, 2.24) is 14.8 Å². The molecule has 0 unspecified atom stereocenters. The van der Waals surface area contributed by atoms with Crippen LogP contribution in [0.15, 0.2) is 29.4 Å². The van der Waals surface area contributed by atoms with Crippen molar-refractivity contribution in [3.05, 3.63) is 30.1 Å². The molecule has 0 amide bonds. The van der Waals surface area contributed by atoms with Gasteiger partial charge in [-0.1, -0.05) is 26.0 Å². The number of aromatic nitrogens is 3. The van der Waals surface area contributed by atoms with Crippen LogP contribution in [0.1, 0.15) is 13.8 Å². The molecule has 20 heavy (non-hydrogen) atoms. The molecule has 5 nitrogen and oxygen atoms in total. The molecule has 0 aliphatic carbocycles. The van der Waals surface area contributed by atoms with Crippen LogP contribution in [-0.4, -0.2) is 23.2 Å². The van der Waals surface area contributed by atoms with Crippen molar-refractivity contribution in [3.63, 3.8) is 0 Å². The fraction of sp³-hybridized carbons (Fsp3) is 0.333. The molecule has 1 heterocycles. The van der Waals surface area contributed by atoms with Gasteiger partial charge >= 0.3 is 0 Å². The van der Waals surface area contributed by atoms with Crippen LogP contribution >= 0.6 is 10.7 Å². The summed E-state index contributed by atoms with van der Waals surface area (Å²) in [5, 5.41) is 7.12. The predicted molar refractivity (Wildman–Crippen MR) is 73.3 cm³/mol. The van der Waals surface area contributed by atoms with Gasteiger partial charge in [-0.05, 0) is 18.1 Å². The molecule has 0 aliphatic rings. The van der Waals surface area contributed by atoms with Gasteiger partial charge in [-0.15, -0.1) is 10.2 Å². The van der Waals surface area contributed by atoms with Gasteiger partial charge in [0.1, 0.15) is 5.82 Å². The third-order valence-corrected chi connectivity index (χ3v) is 3.72. The van der Waals surface area contributed by atoms with E-state index in [1.54, 1.807) is 6.07 Å². The van der Waals surface area contributed by atoms with Crippen LogP contribution in [-0.2, 0) is 15.6 Å². The molecule has 108 valence electrons. The van der Waals surface area contributed by atoms with Gasteiger partial charge in [0.2, 0.25) is 0 Å². The largest absolute Gasteiger partial charge is 0.297 e. The molecule has 0 fully saturated rings. The van der Waals surface area contributed by atoms with Crippen molar-refractivity contribution >= 4 is 19.7 Å². The maximum atomic E-state index is 13.3. The van der Waals surface area contributed by atoms with Crippen LogP contribution in [0.2, 0.25) is 0 Å². The van der Waals surface area contributed by atoms with Crippen LogP contribution < -0.4 is 0 Å². The lowest BCUT2D eigenvalue weighted by Gasteiger charge is -2.11. The second-order valence-electron chi connectivity index (χ2n) is 4.76. The average molecular weight is 318 g/mol. The first kappa shape index (κ1) is 14.9. The first-order valence-electron chi connectivity index (χ1n) is 5.93. The number of benzene rings is 1. The number of rotatable bonds is 4. The average Bonchev–Trinajstić information content (AvgIpc) is 2.71. The molecule has 0 atom stereocenters. The maximum absolute atomic E-state index is 13.3. The van der Waals surface area contributed by atoms with Crippen LogP contribution in [0.4, 0.5) is 4.39 Å². The number of hydrogen-bond donors (Lipinski definition) is 0. The monoisotopic (exact) mass is 317 g/mol. The Bertz CT molecular complexity index is 728. The third kappa shape index (κ3) is 3.16. The molecule has 0 radical (unpaired) electrons. The second kappa shape index (κ2) is 5.49. The fourth-order valence-corrected chi connectivity index (χ4v) is 2.75. The highest BCUT2D eigenvalue weighted by molar-refractivity contribution is 8.13. The first-order chi connectivity index (χ1) is 9.29. The molecule has 8 heteroatoms. The van der Waals surface area contributed by atoms with E-state index in [1.807, 2.05) is 13.8 Å². The molecule has 0 N–H and O–H groups in total. The van der Waals surface area contributed by atoms with Crippen molar-refractivity contribution in [2.45, 2.75) is 25.5 Å². The summed E-state index contributed by atoms with van der Waals surface area (Å²) in [6, 6.07) is 5.72. The topological polar surface area (TPSA) is 64.8 Å². The summed E-state index contributed by atoms with van der Waals surface area (Å²) < 4.78 is 37.7. The lowest BCUT2D eigenvalue weighted by Crippen LogP contribution is -2.11. The van der Waals surface area contributed by atoms with Gasteiger partial charge in [0.25, 0.3) is 14.2 Å². The van der Waals surface area contributed by atoms with Gasteiger partial charge in [0.05, 0.1) is 0 Å². The highest BCUT2D eigenvalue weighted by Crippen LogP contribution is 2.24. The summed E-state index contributed by atoms with van der Waals surface area (Å²) >= 11 is 0. The van der Waals surface area contributed by atoms with E-state index in [1.165, 1.54) is 22.8 Å². The van der Waals surface area contributed by atoms with E-state index in [0.717, 1.165) is 0 Å². The zero-order valence-corrected chi connectivity index (χ0v) is 12.5. The van der Waals surface area contributed by atoms with Gasteiger partial charge < -0.3 is 0 Å². The zero-order valence-electron chi connectivity index (χ0n) is 10.9. The van der Waals surface area contributed by atoms with Crippen LogP contribution in [0.5, 0.6) is 0 Å². The molecule has 1 aromatic carbocycles. The lowest BCUT2D eigenvalue weighted by molar-refractivity contribution is 0.488. The summed E-state index contributed by atoms with van der Waals surface area (Å²) in [5.74, 6) is -0.00946. The second-order valence-corrected chi connectivity index (χ2v) is 7.22. The minimum Gasteiger partial charge on any atom is -0.297 e. The molecular weight excluding hydrogens is 305 g/mol. The quantitative estimate of drug-likeness (QED) is 0.813. The number of hydrogen-bond acceptors (Lipinski definition) is 4. The van der Waals surface area contributed by atoms with Crippen LogP contribution in [0, 0.1) is 11.7 Å². The van der Waals surface area contributed by atoms with E-state index in [9.17, 15) is 12.8 Å². The summed E-state index contributed by atoms with van der Waals surface area (Å²) in [6.07, 6.45) is 0. The molecule has 2 rings (SSSR count). The Morgan fingerprint density at radius 1 is 1.35 bits per heavy atom. The van der Waals surface area contributed by atoms with Gasteiger partial charge in [0, 0.05) is 22.8 Å². The van der Waals surface area contributed by atoms with E-state index in [0.29, 0.717) is 12.1 Å². The van der Waals surface area contributed by atoms with E-state index < -0.39 is 14.9 Å². The van der Waals surface area contributed by atoms with Crippen molar-refractivity contribution in [3.8, 4) is 11.4 Å². The van der Waals surface area contributed by atoms with Crippen molar-refractivity contribution in [2.75, 3.05) is 0 Å². The number of halogens is 2. The molecular formula is C12H13ClFN3O2S. The van der Waals surface area contributed by atoms with E-state index in [-0.39, 0.29) is 16.9 Å². The first-order valence-corrected chi connectivity index (χ1v) is 8.24. The lowest BCUT2D eigenvalue weighted by atomic mass is 10.2. The number of nitrogens with zero attached hydrogens (tertiary/aromatic N) is 3. The Morgan fingerprint density at radius 2 is 2.05 bits per heavy atom. The highest BCUT2D eigenvalue weighted by Gasteiger charge is 2.23. The maximum Gasteiger partial charge on any atom is 0.296 e. The standard InChI is InChI=1S/C12H13ClFN3O2S/c1-8(2)7-17-11(9-4-3-5-10(14)6-9)15-16-12(17)20(13,18)19/h3-6,8H,7H2,1-2H3. The fourth-order valence-electron chi connectivity index (χ4n) is 1.84. The van der Waals surface area contributed by atoms with E-state index in [2.05, 4.69) is 10.2 Å². The Kier molecular flexibility index (Phi) is 4.10. The molecule has 0 bridgehead atoms. The summed E-state index contributed by atoms with van der Waals surface area (Å²) in [6.45, 7) is 4.19. The Labute approximate surface area is 120 Å². The Balaban J connectivity index is 2.62. The van der Waals surface area contributed by atoms with Gasteiger partial charge in [0.15, 0.2) is 5.82 Å². The molecule has 0 saturated carbocycles. The van der Waals surface area contributed by atoms with Gasteiger partial charge in [-0.2, -0.15) is 0 Å². The highest BCUT2D eigenvalue weighted by atomic mass is 35.7. The van der Waals surface area contributed by atoms with E-state index >= 15 is 0 Å². The smallest absolute Gasteiger partial charge is 0.296 e. The van der Waals surface area contributed by atoms with Crippen molar-refractivity contribution < 1.29 is 12.8 Å². The van der Waals surface area contributed by atoms with Gasteiger partial charge in [-0.25, -0.2) is 12.8 Å². The Morgan fingerprint density at radius 3 is 2.60 bits per heavy atom. The SMILES string of the molecule is CC(C)Cn1c(-c2cccc(F)c2)nnc1S(=O)(=O)Cl. The zero-order chi connectivity index (χ0) is 14.9. The summed E-state index contributed by atoms with van der Waals surface area (Å²) in [5.41, 5.74) is 0.449. The molecule has 0 aliphatic heterocycles. The van der Waals surface area contributed by atoms with Crippen LogP contribution in [0.3, 0.4) is 0 Å². The molecule has 0 spiro atoms. The molecule has 2 aromatic rings. The normalized spacial score (nSPS) is 12.1. The minimum atomic E-state index is -4.01. The van der Waals surface area contributed by atoms with E-state index in [4.69, 9.17) is 10.7 Å². The molecule has 0 saturated heterocycles. The van der Waals surface area contributed by atoms with Crippen molar-refractivity contribution in [1.29, 1.82) is 0 Å². The molecule has 1 aromatic heterocycles. The predicted octanol–water partition coefficient (Wildman–Crippen LogP) is 2.67. The van der Waals surface area contributed by atoms with Gasteiger partial charge in [-0.3, -0.25) is 4.57 Å². The third-order valence-electron chi connectivity index (χ3n) is 2.57. The van der Waals surface area contributed by atoms with Crippen LogP contribution in [0.25, 0.3) is 11.4 Å². The van der Waals surface area contributed by atoms with Crippen molar-refractivity contribution in [2.24, 2.45) is 5.92 Å². The Hall–Kier alpha value is -1.47.